The van der Waals surface area contributed by atoms with Crippen molar-refractivity contribution in [3.63, 3.8) is 0 Å². The first-order valence-electron chi connectivity index (χ1n) is 6.34. The quantitative estimate of drug-likeness (QED) is 0.889. The van der Waals surface area contributed by atoms with Crippen molar-refractivity contribution in [2.45, 2.75) is 6.54 Å². The third-order valence-corrected chi connectivity index (χ3v) is 4.10. The third-order valence-electron chi connectivity index (χ3n) is 3.36. The topological polar surface area (TPSA) is 58.4 Å². The molecule has 0 atom stereocenters. The maximum atomic E-state index is 11.9. The lowest BCUT2D eigenvalue weighted by molar-refractivity contribution is -0.115. The van der Waals surface area contributed by atoms with Crippen LogP contribution in [0, 0.1) is 0 Å². The molecule has 102 valence electrons. The number of benzene rings is 2. The van der Waals surface area contributed by atoms with Gasteiger partial charge in [-0.15, -0.1) is 0 Å². The Balaban J connectivity index is 2.16. The highest BCUT2D eigenvalue weighted by atomic mass is 79.9. The zero-order valence-corrected chi connectivity index (χ0v) is 12.4. The number of hydrogen-bond donors (Lipinski definition) is 2. The summed E-state index contributed by atoms with van der Waals surface area (Å²) in [6.07, 6.45) is 0. The van der Waals surface area contributed by atoms with Gasteiger partial charge in [0, 0.05) is 22.3 Å². The predicted octanol–water partition coefficient (Wildman–Crippen LogP) is 3.00. The summed E-state index contributed by atoms with van der Waals surface area (Å²) in [4.78, 5) is 13.9. The molecule has 0 bridgehead atoms. The van der Waals surface area contributed by atoms with Crippen molar-refractivity contribution in [2.24, 2.45) is 5.73 Å². The van der Waals surface area contributed by atoms with E-state index in [1.807, 2.05) is 47.4 Å². The van der Waals surface area contributed by atoms with Crippen LogP contribution in [0.1, 0.15) is 5.56 Å². The highest BCUT2D eigenvalue weighted by molar-refractivity contribution is 9.10. The van der Waals surface area contributed by atoms with Crippen LogP contribution in [0.3, 0.4) is 0 Å². The summed E-state index contributed by atoms with van der Waals surface area (Å²) < 4.78 is 0.959. The molecule has 2 aromatic rings. The normalized spacial score (nSPS) is 13.9. The molecule has 1 heterocycles. The molecule has 4 nitrogen and oxygen atoms in total. The zero-order valence-electron chi connectivity index (χ0n) is 10.8. The second kappa shape index (κ2) is 5.26. The van der Waals surface area contributed by atoms with E-state index in [0.717, 1.165) is 27.1 Å². The van der Waals surface area contributed by atoms with Crippen LogP contribution in [0.15, 0.2) is 46.9 Å². The van der Waals surface area contributed by atoms with E-state index in [1.165, 1.54) is 0 Å². The largest absolute Gasteiger partial charge is 0.330 e. The van der Waals surface area contributed by atoms with Crippen LogP contribution in [0.25, 0.3) is 0 Å². The van der Waals surface area contributed by atoms with Gasteiger partial charge in [0.2, 0.25) is 5.91 Å². The molecule has 0 aromatic heterocycles. The van der Waals surface area contributed by atoms with Crippen LogP contribution in [0.2, 0.25) is 0 Å². The Morgan fingerprint density at radius 1 is 1.15 bits per heavy atom. The van der Waals surface area contributed by atoms with Crippen molar-refractivity contribution in [2.75, 3.05) is 16.8 Å². The van der Waals surface area contributed by atoms with Gasteiger partial charge >= 0.3 is 0 Å². The van der Waals surface area contributed by atoms with E-state index in [2.05, 4.69) is 21.2 Å². The standard InChI is InChI=1S/C15H14BrN3O/c16-11-4-3-7-13(10(11)8-17)19-9-15(20)18-12-5-1-2-6-14(12)19/h1-7H,8-9,17H2,(H,18,20). The van der Waals surface area contributed by atoms with Crippen LogP contribution in [0.5, 0.6) is 0 Å². The molecule has 1 aliphatic rings. The Bertz CT molecular complexity index is 672. The number of anilines is 3. The summed E-state index contributed by atoms with van der Waals surface area (Å²) >= 11 is 3.52. The fourth-order valence-electron chi connectivity index (χ4n) is 2.45. The lowest BCUT2D eigenvalue weighted by atomic mass is 10.1. The van der Waals surface area contributed by atoms with E-state index in [0.29, 0.717) is 13.1 Å². The van der Waals surface area contributed by atoms with Crippen molar-refractivity contribution in [1.82, 2.24) is 0 Å². The molecule has 5 heteroatoms. The second-order valence-corrected chi connectivity index (χ2v) is 5.45. The molecule has 0 saturated heterocycles. The molecule has 1 amide bonds. The molecule has 2 aromatic carbocycles. The number of amides is 1. The molecule has 0 unspecified atom stereocenters. The molecule has 1 aliphatic heterocycles. The lowest BCUT2D eigenvalue weighted by Gasteiger charge is -2.32. The highest BCUT2D eigenvalue weighted by Gasteiger charge is 2.24. The van der Waals surface area contributed by atoms with E-state index in [1.54, 1.807) is 0 Å². The first-order valence-corrected chi connectivity index (χ1v) is 7.14. The number of rotatable bonds is 2. The van der Waals surface area contributed by atoms with E-state index in [-0.39, 0.29) is 5.91 Å². The van der Waals surface area contributed by atoms with Crippen LogP contribution >= 0.6 is 15.9 Å². The van der Waals surface area contributed by atoms with Crippen molar-refractivity contribution in [3.05, 3.63) is 52.5 Å². The minimum Gasteiger partial charge on any atom is -0.330 e. The maximum Gasteiger partial charge on any atom is 0.244 e. The summed E-state index contributed by atoms with van der Waals surface area (Å²) in [7, 11) is 0. The van der Waals surface area contributed by atoms with Gasteiger partial charge in [-0.3, -0.25) is 4.79 Å². The molecule has 0 fully saturated rings. The molecule has 0 aliphatic carbocycles. The van der Waals surface area contributed by atoms with E-state index >= 15 is 0 Å². The van der Waals surface area contributed by atoms with Gasteiger partial charge in [0.25, 0.3) is 0 Å². The first kappa shape index (κ1) is 13.1. The van der Waals surface area contributed by atoms with Gasteiger partial charge < -0.3 is 16.0 Å². The summed E-state index contributed by atoms with van der Waals surface area (Å²) in [6, 6.07) is 13.7. The average Bonchev–Trinajstić information content (AvgIpc) is 2.46. The Kier molecular flexibility index (Phi) is 3.46. The smallest absolute Gasteiger partial charge is 0.244 e. The zero-order chi connectivity index (χ0) is 14.1. The summed E-state index contributed by atoms with van der Waals surface area (Å²) in [5, 5.41) is 2.89. The molecule has 3 N–H and O–H groups in total. The van der Waals surface area contributed by atoms with Gasteiger partial charge in [-0.05, 0) is 24.3 Å². The number of carbonyl (C=O) groups excluding carboxylic acids is 1. The highest BCUT2D eigenvalue weighted by Crippen LogP contribution is 2.38. The summed E-state index contributed by atoms with van der Waals surface area (Å²) in [5.74, 6) is -0.0216. The first-order chi connectivity index (χ1) is 9.70. The van der Waals surface area contributed by atoms with Crippen LogP contribution in [0.4, 0.5) is 17.1 Å². The Hall–Kier alpha value is -1.85. The average molecular weight is 332 g/mol. The lowest BCUT2D eigenvalue weighted by Crippen LogP contribution is -2.35. The van der Waals surface area contributed by atoms with Gasteiger partial charge in [0.05, 0.1) is 11.4 Å². The monoisotopic (exact) mass is 331 g/mol. The fourth-order valence-corrected chi connectivity index (χ4v) is 2.97. The van der Waals surface area contributed by atoms with Gasteiger partial charge in [-0.1, -0.05) is 34.1 Å². The van der Waals surface area contributed by atoms with Crippen LogP contribution < -0.4 is 16.0 Å². The number of fused-ring (bicyclic) bond motifs is 1. The third kappa shape index (κ3) is 2.19. The minimum atomic E-state index is -0.0216. The van der Waals surface area contributed by atoms with E-state index in [9.17, 15) is 4.79 Å². The van der Waals surface area contributed by atoms with E-state index in [4.69, 9.17) is 5.73 Å². The number of nitrogens with two attached hydrogens (primary N) is 1. The number of hydrogen-bond acceptors (Lipinski definition) is 3. The molecule has 0 saturated carbocycles. The van der Waals surface area contributed by atoms with Gasteiger partial charge in [0.1, 0.15) is 6.54 Å². The van der Waals surface area contributed by atoms with Crippen molar-refractivity contribution >= 4 is 38.9 Å². The number of halogens is 1. The number of nitrogens with zero attached hydrogens (tertiary/aromatic N) is 1. The second-order valence-electron chi connectivity index (χ2n) is 4.59. The molecule has 0 radical (unpaired) electrons. The Morgan fingerprint density at radius 2 is 1.90 bits per heavy atom. The van der Waals surface area contributed by atoms with E-state index < -0.39 is 0 Å². The Morgan fingerprint density at radius 3 is 2.70 bits per heavy atom. The molecule has 20 heavy (non-hydrogen) atoms. The minimum absolute atomic E-state index is 0.0216. The number of carbonyl (C=O) groups is 1. The summed E-state index contributed by atoms with van der Waals surface area (Å²) in [6.45, 7) is 0.706. The summed E-state index contributed by atoms with van der Waals surface area (Å²) in [5.41, 5.74) is 9.63. The van der Waals surface area contributed by atoms with Crippen LogP contribution in [-0.4, -0.2) is 12.5 Å². The van der Waals surface area contributed by atoms with Gasteiger partial charge in [0.15, 0.2) is 0 Å². The van der Waals surface area contributed by atoms with Crippen molar-refractivity contribution in [3.8, 4) is 0 Å². The van der Waals surface area contributed by atoms with Crippen molar-refractivity contribution < 1.29 is 4.79 Å². The Labute approximate surface area is 125 Å². The van der Waals surface area contributed by atoms with Gasteiger partial charge in [-0.2, -0.15) is 0 Å². The van der Waals surface area contributed by atoms with Crippen molar-refractivity contribution in [1.29, 1.82) is 0 Å². The number of para-hydroxylation sites is 2. The molecular weight excluding hydrogens is 318 g/mol. The SMILES string of the molecule is NCc1c(Br)cccc1N1CC(=O)Nc2ccccc21. The fraction of sp³-hybridized carbons (Fsp3) is 0.133. The predicted molar refractivity (Wildman–Crippen MR) is 84.1 cm³/mol. The number of nitrogens with one attached hydrogen (secondary N) is 1. The molecular formula is C15H14BrN3O. The maximum absolute atomic E-state index is 11.9. The van der Waals surface area contributed by atoms with Gasteiger partial charge in [-0.25, -0.2) is 0 Å². The molecule has 0 spiro atoms. The van der Waals surface area contributed by atoms with Crippen LogP contribution in [-0.2, 0) is 11.3 Å². The molecule has 3 rings (SSSR count).